The molecule has 0 aliphatic heterocycles. The Morgan fingerprint density at radius 3 is 2.43 bits per heavy atom. The first-order valence-corrected chi connectivity index (χ1v) is 9.14. The molecule has 2 aliphatic rings. The summed E-state index contributed by atoms with van der Waals surface area (Å²) in [4.78, 5) is 0. The lowest BCUT2D eigenvalue weighted by atomic mass is 9.76. The molecule has 0 spiro atoms. The third kappa shape index (κ3) is 2.68. The average Bonchev–Trinajstić information content (AvgIpc) is 2.92. The van der Waals surface area contributed by atoms with Gasteiger partial charge in [0.05, 0.1) is 6.10 Å². The second-order valence-corrected chi connectivity index (χ2v) is 7.09. The highest BCUT2D eigenvalue weighted by Gasteiger charge is 2.39. The zero-order valence-corrected chi connectivity index (χ0v) is 13.7. The highest BCUT2D eigenvalue weighted by Crippen LogP contribution is 2.53. The van der Waals surface area contributed by atoms with Crippen molar-refractivity contribution in [2.45, 2.75) is 50.5 Å². The molecule has 0 bridgehead atoms. The van der Waals surface area contributed by atoms with Crippen LogP contribution in [-0.4, -0.2) is 18.3 Å². The molecule has 2 aromatic rings. The van der Waals surface area contributed by atoms with E-state index in [1.807, 2.05) is 0 Å². The van der Waals surface area contributed by atoms with Gasteiger partial charge < -0.3 is 9.84 Å². The second-order valence-electron chi connectivity index (χ2n) is 7.09. The van der Waals surface area contributed by atoms with Crippen LogP contribution in [0.4, 0.5) is 0 Å². The number of hydrogen-bond acceptors (Lipinski definition) is 2. The van der Waals surface area contributed by atoms with Crippen LogP contribution in [0.1, 0.15) is 61.7 Å². The van der Waals surface area contributed by atoms with Gasteiger partial charge in [0.1, 0.15) is 0 Å². The van der Waals surface area contributed by atoms with Gasteiger partial charge in [0.25, 0.3) is 0 Å². The van der Waals surface area contributed by atoms with Gasteiger partial charge in [-0.05, 0) is 47.1 Å². The summed E-state index contributed by atoms with van der Waals surface area (Å²) in [7, 11) is 0. The van der Waals surface area contributed by atoms with Crippen molar-refractivity contribution >= 4 is 10.8 Å². The van der Waals surface area contributed by atoms with Gasteiger partial charge in [-0.1, -0.05) is 55.7 Å². The maximum Gasteiger partial charge on any atom is 0.0902 e. The number of ether oxygens (including phenoxy) is 1. The largest absolute Gasteiger partial charge is 0.396 e. The quantitative estimate of drug-likeness (QED) is 0.791. The Bertz CT molecular complexity index is 667. The predicted molar refractivity (Wildman–Crippen MR) is 93.7 cm³/mol. The van der Waals surface area contributed by atoms with Crippen molar-refractivity contribution in [2.24, 2.45) is 5.92 Å². The summed E-state index contributed by atoms with van der Waals surface area (Å²) in [6.07, 6.45) is 7.65. The molecule has 2 nitrogen and oxygen atoms in total. The van der Waals surface area contributed by atoms with Crippen molar-refractivity contribution in [1.29, 1.82) is 0 Å². The fourth-order valence-corrected chi connectivity index (χ4v) is 4.73. The molecule has 0 saturated heterocycles. The zero-order chi connectivity index (χ0) is 15.6. The van der Waals surface area contributed by atoms with Gasteiger partial charge in [0.2, 0.25) is 0 Å². The van der Waals surface area contributed by atoms with Crippen LogP contribution in [0.25, 0.3) is 10.8 Å². The van der Waals surface area contributed by atoms with Gasteiger partial charge >= 0.3 is 0 Å². The predicted octanol–water partition coefficient (Wildman–Crippen LogP) is 4.96. The van der Waals surface area contributed by atoms with E-state index in [-0.39, 0.29) is 12.7 Å². The lowest BCUT2D eigenvalue weighted by Crippen LogP contribution is -2.21. The van der Waals surface area contributed by atoms with Crippen molar-refractivity contribution < 1.29 is 9.84 Å². The number of benzene rings is 2. The van der Waals surface area contributed by atoms with Gasteiger partial charge in [-0.2, -0.15) is 0 Å². The molecule has 1 saturated carbocycles. The van der Waals surface area contributed by atoms with E-state index in [1.165, 1.54) is 54.0 Å². The molecule has 0 aromatic heterocycles. The van der Waals surface area contributed by atoms with E-state index in [1.54, 1.807) is 0 Å². The van der Waals surface area contributed by atoms with Crippen LogP contribution >= 0.6 is 0 Å². The van der Waals surface area contributed by atoms with Crippen LogP contribution in [0.15, 0.2) is 36.4 Å². The lowest BCUT2D eigenvalue weighted by molar-refractivity contribution is 0.0115. The smallest absolute Gasteiger partial charge is 0.0902 e. The van der Waals surface area contributed by atoms with E-state index in [0.717, 1.165) is 12.3 Å². The minimum Gasteiger partial charge on any atom is -0.396 e. The van der Waals surface area contributed by atoms with Crippen LogP contribution in [0.3, 0.4) is 0 Å². The Kier molecular flexibility index (Phi) is 4.37. The lowest BCUT2D eigenvalue weighted by Gasteiger charge is -2.32. The van der Waals surface area contributed by atoms with Crippen LogP contribution < -0.4 is 0 Å². The van der Waals surface area contributed by atoms with Crippen LogP contribution in [-0.2, 0) is 4.74 Å². The Hall–Kier alpha value is -1.38. The second kappa shape index (κ2) is 6.62. The summed E-state index contributed by atoms with van der Waals surface area (Å²) in [5.41, 5.74) is 2.87. The van der Waals surface area contributed by atoms with Crippen LogP contribution in [0, 0.1) is 5.92 Å². The van der Waals surface area contributed by atoms with Gasteiger partial charge in [0.15, 0.2) is 0 Å². The molecular formula is C21H26O2. The number of hydrogen-bond donors (Lipinski definition) is 1. The fourth-order valence-electron chi connectivity index (χ4n) is 4.73. The highest BCUT2D eigenvalue weighted by molar-refractivity contribution is 5.92. The molecule has 1 N–H and O–H groups in total. The van der Waals surface area contributed by atoms with E-state index >= 15 is 0 Å². The topological polar surface area (TPSA) is 29.5 Å². The monoisotopic (exact) mass is 310 g/mol. The third-order valence-corrected chi connectivity index (χ3v) is 5.72. The molecule has 122 valence electrons. The normalized spacial score (nSPS) is 24.4. The van der Waals surface area contributed by atoms with Crippen molar-refractivity contribution in [3.05, 3.63) is 47.5 Å². The molecule has 0 amide bonds. The summed E-state index contributed by atoms with van der Waals surface area (Å²) in [6.45, 7) is 0.854. The summed E-state index contributed by atoms with van der Waals surface area (Å²) < 4.78 is 6.32. The first kappa shape index (κ1) is 15.2. The van der Waals surface area contributed by atoms with Crippen LogP contribution in [0.2, 0.25) is 0 Å². The molecular weight excluding hydrogens is 284 g/mol. The molecule has 2 atom stereocenters. The number of rotatable bonds is 5. The summed E-state index contributed by atoms with van der Waals surface area (Å²) in [5, 5.41) is 11.9. The molecule has 2 aliphatic carbocycles. The van der Waals surface area contributed by atoms with Crippen molar-refractivity contribution in [1.82, 2.24) is 0 Å². The Labute approximate surface area is 138 Å². The summed E-state index contributed by atoms with van der Waals surface area (Å²) >= 11 is 0. The number of aliphatic hydroxyl groups excluding tert-OH is 1. The molecule has 4 rings (SSSR count). The molecule has 2 heteroatoms. The van der Waals surface area contributed by atoms with Gasteiger partial charge in [-0.25, -0.2) is 0 Å². The van der Waals surface area contributed by atoms with Crippen molar-refractivity contribution in [3.63, 3.8) is 0 Å². The van der Waals surface area contributed by atoms with Gasteiger partial charge in [0, 0.05) is 19.1 Å². The SMILES string of the molecule is OCCCOC1c2cccc3cccc(c23)C1C1CCCCC1. The van der Waals surface area contributed by atoms with Crippen molar-refractivity contribution in [3.8, 4) is 0 Å². The van der Waals surface area contributed by atoms with Crippen molar-refractivity contribution in [2.75, 3.05) is 13.2 Å². The minimum absolute atomic E-state index is 0.172. The van der Waals surface area contributed by atoms with E-state index in [4.69, 9.17) is 9.84 Å². The molecule has 0 heterocycles. The first-order chi connectivity index (χ1) is 11.4. The van der Waals surface area contributed by atoms with Crippen LogP contribution in [0.5, 0.6) is 0 Å². The van der Waals surface area contributed by atoms with E-state index < -0.39 is 0 Å². The summed E-state index contributed by atoms with van der Waals surface area (Å²) in [6, 6.07) is 13.4. The van der Waals surface area contributed by atoms with E-state index in [9.17, 15) is 0 Å². The maximum absolute atomic E-state index is 9.10. The Balaban J connectivity index is 1.74. The van der Waals surface area contributed by atoms with E-state index in [2.05, 4.69) is 36.4 Å². The zero-order valence-electron chi connectivity index (χ0n) is 13.7. The van der Waals surface area contributed by atoms with E-state index in [0.29, 0.717) is 12.5 Å². The minimum atomic E-state index is 0.172. The first-order valence-electron chi connectivity index (χ1n) is 9.14. The average molecular weight is 310 g/mol. The Morgan fingerprint density at radius 1 is 0.957 bits per heavy atom. The maximum atomic E-state index is 9.10. The molecule has 23 heavy (non-hydrogen) atoms. The molecule has 1 fully saturated rings. The number of aliphatic hydroxyl groups is 1. The highest BCUT2D eigenvalue weighted by atomic mass is 16.5. The van der Waals surface area contributed by atoms with Gasteiger partial charge in [-0.3, -0.25) is 0 Å². The fraction of sp³-hybridized carbons (Fsp3) is 0.524. The molecule has 2 unspecified atom stereocenters. The standard InChI is InChI=1S/C21H26O2/c22-13-6-14-23-21-18-12-5-10-15-9-4-11-17(19(15)18)20(21)16-7-2-1-3-8-16/h4-5,9-12,16,20-22H,1-3,6-8,13-14H2. The Morgan fingerprint density at radius 2 is 1.70 bits per heavy atom. The molecule has 0 radical (unpaired) electrons. The summed E-state index contributed by atoms with van der Waals surface area (Å²) in [5.74, 6) is 1.23. The molecule has 2 aromatic carbocycles. The third-order valence-electron chi connectivity index (χ3n) is 5.72. The van der Waals surface area contributed by atoms with Gasteiger partial charge in [-0.15, -0.1) is 0 Å².